The van der Waals surface area contributed by atoms with Gasteiger partial charge in [-0.05, 0) is 25.3 Å². The van der Waals surface area contributed by atoms with E-state index < -0.39 is 23.3 Å². The standard InChI is InChI=1S/C11H15N3O4S/c1-11(2,10(17)18)12-6-8(15)13-14-9(16)7-4-3-5-19-7/h3-5,12H,6H2,1-2H3,(H,13,15)(H,14,16)(H,17,18). The number of thiophene rings is 1. The summed E-state index contributed by atoms with van der Waals surface area (Å²) in [6.07, 6.45) is 0. The van der Waals surface area contributed by atoms with E-state index in [4.69, 9.17) is 5.11 Å². The summed E-state index contributed by atoms with van der Waals surface area (Å²) in [5.41, 5.74) is 3.22. The molecule has 1 heterocycles. The molecule has 0 radical (unpaired) electrons. The third kappa shape index (κ3) is 4.68. The maximum absolute atomic E-state index is 11.5. The molecule has 104 valence electrons. The van der Waals surface area contributed by atoms with Crippen molar-refractivity contribution in [3.8, 4) is 0 Å². The van der Waals surface area contributed by atoms with Crippen LogP contribution in [0.15, 0.2) is 17.5 Å². The van der Waals surface area contributed by atoms with Gasteiger partial charge in [-0.2, -0.15) is 0 Å². The number of carboxylic acids is 1. The molecule has 4 N–H and O–H groups in total. The molecule has 0 saturated heterocycles. The zero-order valence-corrected chi connectivity index (χ0v) is 11.3. The Balaban J connectivity index is 2.33. The van der Waals surface area contributed by atoms with Gasteiger partial charge in [0.05, 0.1) is 11.4 Å². The number of hydrogen-bond donors (Lipinski definition) is 4. The number of carboxylic acid groups (broad SMARTS) is 1. The summed E-state index contributed by atoms with van der Waals surface area (Å²) in [4.78, 5) is 34.2. The molecular weight excluding hydrogens is 270 g/mol. The number of amides is 2. The van der Waals surface area contributed by atoms with Crippen LogP contribution in [-0.2, 0) is 9.59 Å². The van der Waals surface area contributed by atoms with E-state index in [0.717, 1.165) is 0 Å². The Kier molecular flexibility index (Phi) is 5.02. The third-order valence-corrected chi connectivity index (χ3v) is 3.15. The Labute approximate surface area is 114 Å². The fourth-order valence-corrected chi connectivity index (χ4v) is 1.64. The highest BCUT2D eigenvalue weighted by Gasteiger charge is 2.26. The van der Waals surface area contributed by atoms with Crippen LogP contribution in [0.25, 0.3) is 0 Å². The van der Waals surface area contributed by atoms with Crippen molar-refractivity contribution in [1.29, 1.82) is 0 Å². The minimum absolute atomic E-state index is 0.218. The first-order valence-corrected chi connectivity index (χ1v) is 6.32. The molecule has 0 unspecified atom stereocenters. The molecule has 8 heteroatoms. The average Bonchev–Trinajstić information content (AvgIpc) is 2.87. The number of carbonyl (C=O) groups is 3. The van der Waals surface area contributed by atoms with Gasteiger partial charge in [0.15, 0.2) is 0 Å². The van der Waals surface area contributed by atoms with E-state index in [9.17, 15) is 14.4 Å². The van der Waals surface area contributed by atoms with Crippen molar-refractivity contribution in [3.05, 3.63) is 22.4 Å². The first kappa shape index (κ1) is 15.1. The van der Waals surface area contributed by atoms with Crippen molar-refractivity contribution in [1.82, 2.24) is 16.2 Å². The Bertz CT molecular complexity index is 470. The number of rotatable bonds is 5. The Morgan fingerprint density at radius 2 is 2.00 bits per heavy atom. The SMILES string of the molecule is CC(C)(NCC(=O)NNC(=O)c1cccs1)C(=O)O. The van der Waals surface area contributed by atoms with E-state index in [1.54, 1.807) is 17.5 Å². The van der Waals surface area contributed by atoms with E-state index in [2.05, 4.69) is 16.2 Å². The monoisotopic (exact) mass is 285 g/mol. The topological polar surface area (TPSA) is 108 Å². The molecule has 0 aliphatic carbocycles. The van der Waals surface area contributed by atoms with Gasteiger partial charge >= 0.3 is 5.97 Å². The molecule has 0 aliphatic heterocycles. The van der Waals surface area contributed by atoms with Crippen LogP contribution in [0.5, 0.6) is 0 Å². The summed E-state index contributed by atoms with van der Waals surface area (Å²) in [5, 5.41) is 13.1. The second-order valence-corrected chi connectivity index (χ2v) is 5.21. The second-order valence-electron chi connectivity index (χ2n) is 4.26. The Morgan fingerprint density at radius 3 is 2.53 bits per heavy atom. The van der Waals surface area contributed by atoms with Crippen molar-refractivity contribution < 1.29 is 19.5 Å². The second kappa shape index (κ2) is 6.30. The zero-order valence-electron chi connectivity index (χ0n) is 10.5. The van der Waals surface area contributed by atoms with E-state index in [-0.39, 0.29) is 6.54 Å². The average molecular weight is 285 g/mol. The predicted molar refractivity (Wildman–Crippen MR) is 69.6 cm³/mol. The first-order valence-electron chi connectivity index (χ1n) is 5.44. The first-order chi connectivity index (χ1) is 8.83. The summed E-state index contributed by atoms with van der Waals surface area (Å²) in [6, 6.07) is 3.34. The molecule has 0 fully saturated rings. The van der Waals surface area contributed by atoms with E-state index in [1.165, 1.54) is 25.2 Å². The van der Waals surface area contributed by atoms with Gasteiger partial charge in [0.2, 0.25) is 0 Å². The van der Waals surface area contributed by atoms with Gasteiger partial charge in [0.1, 0.15) is 5.54 Å². The predicted octanol–water partition coefficient (Wildman–Crippen LogP) is -0.0381. The summed E-state index contributed by atoms with van der Waals surface area (Å²) in [6.45, 7) is 2.66. The van der Waals surface area contributed by atoms with Gasteiger partial charge in [0.25, 0.3) is 11.8 Å². The zero-order chi connectivity index (χ0) is 14.5. The molecule has 0 aromatic carbocycles. The molecule has 2 amide bonds. The van der Waals surface area contributed by atoms with Gasteiger partial charge in [-0.3, -0.25) is 30.6 Å². The lowest BCUT2D eigenvalue weighted by Gasteiger charge is -2.20. The molecule has 7 nitrogen and oxygen atoms in total. The number of hydrogen-bond acceptors (Lipinski definition) is 5. The van der Waals surface area contributed by atoms with Crippen molar-refractivity contribution in [3.63, 3.8) is 0 Å². The summed E-state index contributed by atoms with van der Waals surface area (Å²) in [7, 11) is 0. The lowest BCUT2D eigenvalue weighted by atomic mass is 10.1. The van der Waals surface area contributed by atoms with Crippen LogP contribution in [0.2, 0.25) is 0 Å². The van der Waals surface area contributed by atoms with Crippen molar-refractivity contribution in [2.24, 2.45) is 0 Å². The van der Waals surface area contributed by atoms with Gasteiger partial charge in [0, 0.05) is 0 Å². The maximum atomic E-state index is 11.5. The van der Waals surface area contributed by atoms with Gasteiger partial charge in [-0.25, -0.2) is 0 Å². The third-order valence-electron chi connectivity index (χ3n) is 2.29. The number of carbonyl (C=O) groups excluding carboxylic acids is 2. The molecule has 0 atom stereocenters. The molecule has 1 aromatic rings. The molecule has 0 aliphatic rings. The maximum Gasteiger partial charge on any atom is 0.323 e. The van der Waals surface area contributed by atoms with Gasteiger partial charge in [-0.1, -0.05) is 6.07 Å². The lowest BCUT2D eigenvalue weighted by Crippen LogP contribution is -2.52. The Hall–Kier alpha value is -1.93. The molecule has 1 rings (SSSR count). The van der Waals surface area contributed by atoms with Crippen LogP contribution in [-0.4, -0.2) is 35.0 Å². The normalized spacial score (nSPS) is 10.8. The quantitative estimate of drug-likeness (QED) is 0.568. The molecule has 19 heavy (non-hydrogen) atoms. The Morgan fingerprint density at radius 1 is 1.32 bits per heavy atom. The lowest BCUT2D eigenvalue weighted by molar-refractivity contribution is -0.143. The fourth-order valence-electron chi connectivity index (χ4n) is 1.02. The van der Waals surface area contributed by atoms with E-state index >= 15 is 0 Å². The van der Waals surface area contributed by atoms with Crippen LogP contribution < -0.4 is 16.2 Å². The minimum atomic E-state index is -1.21. The summed E-state index contributed by atoms with van der Waals surface area (Å²) < 4.78 is 0. The highest BCUT2D eigenvalue weighted by Crippen LogP contribution is 2.07. The van der Waals surface area contributed by atoms with Gasteiger partial charge < -0.3 is 5.11 Å². The summed E-state index contributed by atoms with van der Waals surface area (Å²) in [5.74, 6) is -2.01. The smallest absolute Gasteiger partial charge is 0.323 e. The van der Waals surface area contributed by atoms with Crippen LogP contribution in [0, 0.1) is 0 Å². The van der Waals surface area contributed by atoms with Crippen LogP contribution >= 0.6 is 11.3 Å². The number of aliphatic carboxylic acids is 1. The van der Waals surface area contributed by atoms with Crippen molar-refractivity contribution in [2.75, 3.05) is 6.54 Å². The van der Waals surface area contributed by atoms with Crippen LogP contribution in [0.4, 0.5) is 0 Å². The van der Waals surface area contributed by atoms with Gasteiger partial charge in [-0.15, -0.1) is 11.3 Å². The van der Waals surface area contributed by atoms with Crippen molar-refractivity contribution >= 4 is 29.1 Å². The molecule has 0 bridgehead atoms. The van der Waals surface area contributed by atoms with Crippen molar-refractivity contribution in [2.45, 2.75) is 19.4 Å². The minimum Gasteiger partial charge on any atom is -0.480 e. The molecule has 1 aromatic heterocycles. The largest absolute Gasteiger partial charge is 0.480 e. The number of hydrazine groups is 1. The molecular formula is C11H15N3O4S. The van der Waals surface area contributed by atoms with Crippen LogP contribution in [0.3, 0.4) is 0 Å². The molecule has 0 spiro atoms. The highest BCUT2D eigenvalue weighted by atomic mass is 32.1. The fraction of sp³-hybridized carbons (Fsp3) is 0.364. The summed E-state index contributed by atoms with van der Waals surface area (Å²) >= 11 is 1.25. The van der Waals surface area contributed by atoms with E-state index in [0.29, 0.717) is 4.88 Å². The highest BCUT2D eigenvalue weighted by molar-refractivity contribution is 7.12. The molecule has 0 saturated carbocycles. The number of nitrogens with one attached hydrogen (secondary N) is 3. The van der Waals surface area contributed by atoms with E-state index in [1.807, 2.05) is 0 Å². The van der Waals surface area contributed by atoms with Crippen LogP contribution in [0.1, 0.15) is 23.5 Å².